The number of imidazole rings is 1. The molecule has 1 amide bonds. The number of hydrogen-bond donors (Lipinski definition) is 0. The van der Waals surface area contributed by atoms with Gasteiger partial charge in [0.05, 0.1) is 23.6 Å². The van der Waals surface area contributed by atoms with E-state index >= 15 is 0 Å². The van der Waals surface area contributed by atoms with Crippen LogP contribution in [0.2, 0.25) is 0 Å². The standard InChI is InChI=1S/C21H20N6O/c1-25-11-8-17(24-25)21(28)27-10-3-5-19(27)20-18-7-6-16(13-26(18)14-23-20)15-4-2-9-22-12-15/h2,4,6-9,11-14,19H,3,5,10H2,1H3/t19-/m1/s1. The smallest absolute Gasteiger partial charge is 0.274 e. The van der Waals surface area contributed by atoms with E-state index in [0.717, 1.165) is 41.7 Å². The van der Waals surface area contributed by atoms with Crippen molar-refractivity contribution in [3.05, 3.63) is 72.8 Å². The van der Waals surface area contributed by atoms with E-state index in [1.165, 1.54) is 0 Å². The minimum Gasteiger partial charge on any atom is -0.329 e. The first-order chi connectivity index (χ1) is 13.7. The molecule has 0 unspecified atom stereocenters. The zero-order valence-electron chi connectivity index (χ0n) is 15.6. The zero-order valence-corrected chi connectivity index (χ0v) is 15.6. The Bertz CT molecular complexity index is 1150. The van der Waals surface area contributed by atoms with E-state index in [9.17, 15) is 4.79 Å². The Morgan fingerprint density at radius 3 is 2.89 bits per heavy atom. The summed E-state index contributed by atoms with van der Waals surface area (Å²) in [5.74, 6) is -0.0313. The first-order valence-electron chi connectivity index (χ1n) is 9.38. The second kappa shape index (κ2) is 6.60. The van der Waals surface area contributed by atoms with E-state index in [1.54, 1.807) is 23.1 Å². The summed E-state index contributed by atoms with van der Waals surface area (Å²) >= 11 is 0. The van der Waals surface area contributed by atoms with Crippen LogP contribution in [0.3, 0.4) is 0 Å². The molecule has 0 aromatic carbocycles. The maximum absolute atomic E-state index is 12.9. The van der Waals surface area contributed by atoms with Crippen molar-refractivity contribution in [3.8, 4) is 11.1 Å². The van der Waals surface area contributed by atoms with Gasteiger partial charge in [-0.15, -0.1) is 0 Å². The van der Waals surface area contributed by atoms with Crippen LogP contribution in [0.25, 0.3) is 16.6 Å². The lowest BCUT2D eigenvalue weighted by atomic mass is 10.1. The Morgan fingerprint density at radius 1 is 1.18 bits per heavy atom. The van der Waals surface area contributed by atoms with Crippen LogP contribution in [-0.2, 0) is 7.05 Å². The number of aromatic nitrogens is 5. The maximum Gasteiger partial charge on any atom is 0.274 e. The first-order valence-corrected chi connectivity index (χ1v) is 9.38. The SMILES string of the molecule is Cn1ccc(C(=O)N2CCC[C@@H]2c2ncn3cc(-c4cccnc4)ccc23)n1. The van der Waals surface area contributed by atoms with Crippen molar-refractivity contribution in [2.24, 2.45) is 7.05 Å². The van der Waals surface area contributed by atoms with Crippen molar-refractivity contribution >= 4 is 11.4 Å². The first kappa shape index (κ1) is 16.7. The summed E-state index contributed by atoms with van der Waals surface area (Å²) in [6.45, 7) is 0.729. The third-order valence-electron chi connectivity index (χ3n) is 5.32. The molecule has 0 N–H and O–H groups in total. The van der Waals surface area contributed by atoms with Crippen LogP contribution in [0, 0.1) is 0 Å². The highest BCUT2D eigenvalue weighted by molar-refractivity contribution is 5.92. The summed E-state index contributed by atoms with van der Waals surface area (Å²) in [6.07, 6.45) is 11.2. The molecule has 4 aromatic rings. The Kier molecular flexibility index (Phi) is 3.93. The number of nitrogens with zero attached hydrogens (tertiary/aromatic N) is 6. The molecular weight excluding hydrogens is 352 g/mol. The second-order valence-electron chi connectivity index (χ2n) is 7.11. The van der Waals surface area contributed by atoms with Gasteiger partial charge in [0, 0.05) is 43.9 Å². The fourth-order valence-corrected chi connectivity index (χ4v) is 3.95. The molecule has 7 nitrogen and oxygen atoms in total. The molecule has 5 rings (SSSR count). The van der Waals surface area contributed by atoms with Crippen molar-refractivity contribution in [1.29, 1.82) is 0 Å². The summed E-state index contributed by atoms with van der Waals surface area (Å²) in [6, 6.07) is 9.87. The molecule has 0 radical (unpaired) electrons. The van der Waals surface area contributed by atoms with Crippen molar-refractivity contribution in [2.75, 3.05) is 6.54 Å². The summed E-state index contributed by atoms with van der Waals surface area (Å²) in [7, 11) is 1.82. The third-order valence-corrected chi connectivity index (χ3v) is 5.32. The van der Waals surface area contributed by atoms with E-state index in [4.69, 9.17) is 0 Å². The van der Waals surface area contributed by atoms with Gasteiger partial charge >= 0.3 is 0 Å². The quantitative estimate of drug-likeness (QED) is 0.554. The van der Waals surface area contributed by atoms with E-state index in [0.29, 0.717) is 5.69 Å². The minimum absolute atomic E-state index is 0.0243. The van der Waals surface area contributed by atoms with Gasteiger partial charge in [-0.1, -0.05) is 12.1 Å². The lowest BCUT2D eigenvalue weighted by molar-refractivity contribution is 0.0727. The van der Waals surface area contributed by atoms with Gasteiger partial charge in [-0.3, -0.25) is 14.5 Å². The third kappa shape index (κ3) is 2.76. The number of amides is 1. The topological polar surface area (TPSA) is 68.3 Å². The molecule has 7 heteroatoms. The Morgan fingerprint density at radius 2 is 2.11 bits per heavy atom. The van der Waals surface area contributed by atoms with E-state index in [1.807, 2.05) is 41.0 Å². The van der Waals surface area contributed by atoms with Crippen molar-refractivity contribution < 1.29 is 4.79 Å². The number of aryl methyl sites for hydroxylation is 1. The van der Waals surface area contributed by atoms with Crippen LogP contribution in [0.5, 0.6) is 0 Å². The average Bonchev–Trinajstić information content (AvgIpc) is 3.46. The van der Waals surface area contributed by atoms with Gasteiger partial charge in [-0.05, 0) is 36.6 Å². The number of carbonyl (C=O) groups excluding carboxylic acids is 1. The second-order valence-corrected chi connectivity index (χ2v) is 7.11. The highest BCUT2D eigenvalue weighted by Gasteiger charge is 2.34. The van der Waals surface area contributed by atoms with Crippen LogP contribution < -0.4 is 0 Å². The van der Waals surface area contributed by atoms with E-state index < -0.39 is 0 Å². The molecule has 1 atom stereocenters. The Balaban J connectivity index is 1.49. The molecule has 1 saturated heterocycles. The molecule has 1 aliphatic heterocycles. The van der Waals surface area contributed by atoms with Gasteiger partial charge in [-0.2, -0.15) is 5.10 Å². The molecule has 28 heavy (non-hydrogen) atoms. The highest BCUT2D eigenvalue weighted by atomic mass is 16.2. The van der Waals surface area contributed by atoms with Crippen molar-refractivity contribution in [2.45, 2.75) is 18.9 Å². The van der Waals surface area contributed by atoms with Crippen molar-refractivity contribution in [3.63, 3.8) is 0 Å². The molecular formula is C21H20N6O. The fourth-order valence-electron chi connectivity index (χ4n) is 3.95. The molecule has 1 aliphatic rings. The lowest BCUT2D eigenvalue weighted by Gasteiger charge is -2.23. The molecule has 0 saturated carbocycles. The number of pyridine rings is 2. The number of carbonyl (C=O) groups is 1. The molecule has 4 aromatic heterocycles. The average molecular weight is 372 g/mol. The van der Waals surface area contributed by atoms with Gasteiger partial charge in [0.15, 0.2) is 0 Å². The molecule has 0 spiro atoms. The maximum atomic E-state index is 12.9. The zero-order chi connectivity index (χ0) is 19.1. The Labute approximate surface area is 162 Å². The van der Waals surface area contributed by atoms with Gasteiger partial charge in [-0.25, -0.2) is 4.98 Å². The van der Waals surface area contributed by atoms with Crippen LogP contribution in [0.1, 0.15) is 35.1 Å². The Hall–Kier alpha value is -3.48. The lowest BCUT2D eigenvalue weighted by Crippen LogP contribution is -2.31. The summed E-state index contributed by atoms with van der Waals surface area (Å²) in [5, 5.41) is 4.27. The number of hydrogen-bond acceptors (Lipinski definition) is 4. The predicted molar refractivity (Wildman–Crippen MR) is 105 cm³/mol. The number of likely N-dealkylation sites (tertiary alicyclic amines) is 1. The monoisotopic (exact) mass is 372 g/mol. The van der Waals surface area contributed by atoms with Crippen molar-refractivity contribution in [1.82, 2.24) is 29.0 Å². The minimum atomic E-state index is -0.0313. The van der Waals surface area contributed by atoms with Crippen LogP contribution in [0.4, 0.5) is 0 Å². The number of rotatable bonds is 3. The molecule has 0 aliphatic carbocycles. The summed E-state index contributed by atoms with van der Waals surface area (Å²) in [4.78, 5) is 23.7. The number of fused-ring (bicyclic) bond motifs is 1. The van der Waals surface area contributed by atoms with Gasteiger partial charge in [0.25, 0.3) is 5.91 Å². The molecule has 140 valence electrons. The fraction of sp³-hybridized carbons (Fsp3) is 0.238. The normalized spacial score (nSPS) is 16.8. The molecule has 1 fully saturated rings. The van der Waals surface area contributed by atoms with Crippen LogP contribution in [-0.4, -0.2) is 41.5 Å². The van der Waals surface area contributed by atoms with Gasteiger partial charge in [0.1, 0.15) is 5.69 Å². The van der Waals surface area contributed by atoms with Crippen LogP contribution >= 0.6 is 0 Å². The van der Waals surface area contributed by atoms with Gasteiger partial charge in [0.2, 0.25) is 0 Å². The van der Waals surface area contributed by atoms with Crippen LogP contribution in [0.15, 0.2) is 61.4 Å². The van der Waals surface area contributed by atoms with Gasteiger partial charge < -0.3 is 9.30 Å². The summed E-state index contributed by atoms with van der Waals surface area (Å²) in [5.41, 5.74) is 4.60. The highest BCUT2D eigenvalue weighted by Crippen LogP contribution is 2.34. The molecule has 5 heterocycles. The van der Waals surface area contributed by atoms with E-state index in [-0.39, 0.29) is 11.9 Å². The largest absolute Gasteiger partial charge is 0.329 e. The molecule has 0 bridgehead atoms. The summed E-state index contributed by atoms with van der Waals surface area (Å²) < 4.78 is 3.68. The predicted octanol–water partition coefficient (Wildman–Crippen LogP) is 3.11. The van der Waals surface area contributed by atoms with E-state index in [2.05, 4.69) is 33.4 Å².